The number of nitrogens with one attached hydrogen (secondary N) is 1. The number of fused-ring (bicyclic) bond motifs is 1. The summed E-state index contributed by atoms with van der Waals surface area (Å²) in [5.41, 5.74) is -1.06. The summed E-state index contributed by atoms with van der Waals surface area (Å²) in [6.07, 6.45) is 1.88. The Balaban J connectivity index is 1.73. The molecule has 1 aliphatic carbocycles. The Hall–Kier alpha value is -3.44. The Labute approximate surface area is 236 Å². The monoisotopic (exact) mass is 579 g/mol. The molecule has 11 heteroatoms. The van der Waals surface area contributed by atoms with E-state index in [-0.39, 0.29) is 30.9 Å². The number of aliphatic hydroxyl groups is 2. The Kier molecular flexibility index (Phi) is 10.5. The van der Waals surface area contributed by atoms with Gasteiger partial charge in [0.05, 0.1) is 5.56 Å². The van der Waals surface area contributed by atoms with E-state index in [4.69, 9.17) is 9.47 Å². The van der Waals surface area contributed by atoms with Crippen molar-refractivity contribution in [1.29, 1.82) is 0 Å². The first kappa shape index (κ1) is 32.1. The van der Waals surface area contributed by atoms with Crippen LogP contribution < -0.4 is 5.32 Å². The molecule has 2 aliphatic rings. The Morgan fingerprint density at radius 1 is 1.27 bits per heavy atom. The lowest BCUT2D eigenvalue weighted by molar-refractivity contribution is -0.172. The second kappa shape index (κ2) is 13.5. The van der Waals surface area contributed by atoms with Gasteiger partial charge in [0.25, 0.3) is 0 Å². The van der Waals surface area contributed by atoms with Crippen molar-refractivity contribution < 1.29 is 47.2 Å². The average molecular weight is 580 g/mol. The third-order valence-corrected chi connectivity index (χ3v) is 7.43. The number of ether oxygens (including phenoxy) is 2. The highest BCUT2D eigenvalue weighted by Gasteiger charge is 2.40. The highest BCUT2D eigenvalue weighted by molar-refractivity contribution is 6.32. The SMILES string of the molecule is C/C1=C\[C@@H](C)C([C@@H](C)OC(=O)C(=O)NCc2ccccc2C(F)(F)F)OC(=O)CCC2C=CC(CCCO)=C[C@]12O. The molecule has 224 valence electrons. The van der Waals surface area contributed by atoms with Crippen LogP contribution in [0.2, 0.25) is 0 Å². The highest BCUT2D eigenvalue weighted by atomic mass is 19.4. The molecule has 3 rings (SSSR count). The van der Waals surface area contributed by atoms with Crippen LogP contribution in [0.5, 0.6) is 0 Å². The van der Waals surface area contributed by atoms with Crippen LogP contribution in [-0.2, 0) is 36.6 Å². The molecule has 1 amide bonds. The fraction of sp³-hybridized carbons (Fsp3) is 0.500. The number of carbonyl (C=O) groups is 3. The van der Waals surface area contributed by atoms with Gasteiger partial charge in [-0.25, -0.2) is 4.79 Å². The summed E-state index contributed by atoms with van der Waals surface area (Å²) in [4.78, 5) is 37.6. The molecule has 8 nitrogen and oxygen atoms in total. The average Bonchev–Trinajstić information content (AvgIpc) is 2.91. The van der Waals surface area contributed by atoms with E-state index in [1.807, 2.05) is 12.2 Å². The van der Waals surface area contributed by atoms with Gasteiger partial charge in [0.2, 0.25) is 0 Å². The minimum absolute atomic E-state index is 0.0158. The molecule has 2 unspecified atom stereocenters. The van der Waals surface area contributed by atoms with E-state index < -0.39 is 59.9 Å². The second-order valence-corrected chi connectivity index (χ2v) is 10.5. The first-order valence-corrected chi connectivity index (χ1v) is 13.5. The summed E-state index contributed by atoms with van der Waals surface area (Å²) in [6, 6.07) is 4.67. The third kappa shape index (κ3) is 8.07. The lowest BCUT2D eigenvalue weighted by atomic mass is 9.73. The smallest absolute Gasteiger partial charge is 0.416 e. The van der Waals surface area contributed by atoms with E-state index in [0.717, 1.165) is 11.6 Å². The van der Waals surface area contributed by atoms with E-state index in [1.54, 1.807) is 26.0 Å². The van der Waals surface area contributed by atoms with Crippen molar-refractivity contribution in [2.24, 2.45) is 11.8 Å². The normalized spacial score (nSPS) is 26.9. The Morgan fingerprint density at radius 2 is 1.98 bits per heavy atom. The van der Waals surface area contributed by atoms with E-state index in [2.05, 4.69) is 5.32 Å². The Bertz CT molecular complexity index is 1220. The molecule has 41 heavy (non-hydrogen) atoms. The van der Waals surface area contributed by atoms with Gasteiger partial charge in [-0.1, -0.05) is 43.4 Å². The van der Waals surface area contributed by atoms with Gasteiger partial charge >= 0.3 is 24.0 Å². The standard InChI is InChI=1S/C30H36F3NO7/c1-18-15-19(2)29(39)16-21(7-6-14-35)10-11-23(29)12-13-25(36)41-26(18)20(3)40-28(38)27(37)34-17-22-8-4-5-9-24(22)30(31,32)33/h4-5,8-11,15-16,18,20,23,26,35,39H,6-7,12-14,17H2,1-3H3,(H,34,37)/b19-15+/t18-,20-,23?,26?,29+/m1/s1. The number of cyclic esters (lactones) is 1. The molecular formula is C30H36F3NO7. The van der Waals surface area contributed by atoms with Gasteiger partial charge in [-0.3, -0.25) is 9.59 Å². The number of esters is 2. The first-order chi connectivity index (χ1) is 19.3. The lowest BCUT2D eigenvalue weighted by Crippen LogP contribution is -2.43. The van der Waals surface area contributed by atoms with Gasteiger partial charge in [0.1, 0.15) is 17.8 Å². The fourth-order valence-corrected chi connectivity index (χ4v) is 5.21. The summed E-state index contributed by atoms with van der Waals surface area (Å²) < 4.78 is 50.6. The molecule has 5 atom stereocenters. The van der Waals surface area contributed by atoms with Crippen LogP contribution in [0.15, 0.2) is 59.7 Å². The van der Waals surface area contributed by atoms with Crippen LogP contribution in [0.25, 0.3) is 0 Å². The highest BCUT2D eigenvalue weighted by Crippen LogP contribution is 2.39. The van der Waals surface area contributed by atoms with Crippen LogP contribution >= 0.6 is 0 Å². The molecular weight excluding hydrogens is 543 g/mol. The van der Waals surface area contributed by atoms with E-state index in [9.17, 15) is 37.8 Å². The van der Waals surface area contributed by atoms with Crippen molar-refractivity contribution in [3.8, 4) is 0 Å². The third-order valence-electron chi connectivity index (χ3n) is 7.43. The topological polar surface area (TPSA) is 122 Å². The predicted molar refractivity (Wildman–Crippen MR) is 143 cm³/mol. The van der Waals surface area contributed by atoms with Crippen molar-refractivity contribution in [3.63, 3.8) is 0 Å². The van der Waals surface area contributed by atoms with E-state index in [0.29, 0.717) is 18.4 Å². The number of alkyl halides is 3. The maximum atomic E-state index is 13.2. The van der Waals surface area contributed by atoms with Crippen LogP contribution in [0.1, 0.15) is 57.6 Å². The molecule has 1 aromatic rings. The van der Waals surface area contributed by atoms with Gasteiger partial charge < -0.3 is 25.0 Å². The number of benzene rings is 1. The number of amides is 1. The van der Waals surface area contributed by atoms with Gasteiger partial charge in [-0.2, -0.15) is 13.2 Å². The molecule has 0 radical (unpaired) electrons. The quantitative estimate of drug-likeness (QED) is 0.252. The number of hydrogen-bond donors (Lipinski definition) is 3. The maximum absolute atomic E-state index is 13.2. The maximum Gasteiger partial charge on any atom is 0.416 e. The molecule has 0 saturated carbocycles. The predicted octanol–water partition coefficient (Wildman–Crippen LogP) is 4.16. The number of allylic oxidation sites excluding steroid dienone is 2. The van der Waals surface area contributed by atoms with E-state index in [1.165, 1.54) is 25.1 Å². The summed E-state index contributed by atoms with van der Waals surface area (Å²) in [6.45, 7) is 4.39. The molecule has 0 fully saturated rings. The molecule has 1 heterocycles. The minimum atomic E-state index is -4.63. The van der Waals surface area contributed by atoms with Gasteiger partial charge in [-0.15, -0.1) is 0 Å². The van der Waals surface area contributed by atoms with Crippen molar-refractivity contribution in [1.82, 2.24) is 5.32 Å². The van der Waals surface area contributed by atoms with Crippen LogP contribution in [0.3, 0.4) is 0 Å². The van der Waals surface area contributed by atoms with Crippen LogP contribution in [-0.4, -0.2) is 52.5 Å². The summed E-state index contributed by atoms with van der Waals surface area (Å²) in [5, 5.41) is 23.0. The zero-order valence-electron chi connectivity index (χ0n) is 23.2. The summed E-state index contributed by atoms with van der Waals surface area (Å²) >= 11 is 0. The van der Waals surface area contributed by atoms with Gasteiger partial charge in [0, 0.05) is 31.4 Å². The number of carbonyl (C=O) groups excluding carboxylic acids is 3. The summed E-state index contributed by atoms with van der Waals surface area (Å²) in [7, 11) is 0. The van der Waals surface area contributed by atoms with Crippen LogP contribution in [0.4, 0.5) is 13.2 Å². The number of aliphatic hydroxyl groups excluding tert-OH is 1. The van der Waals surface area contributed by atoms with Crippen molar-refractivity contribution >= 4 is 17.8 Å². The molecule has 0 spiro atoms. The zero-order valence-corrected chi connectivity index (χ0v) is 23.2. The molecule has 3 N–H and O–H groups in total. The lowest BCUT2D eigenvalue weighted by Gasteiger charge is -2.38. The minimum Gasteiger partial charge on any atom is -0.458 e. The Morgan fingerprint density at radius 3 is 2.66 bits per heavy atom. The zero-order chi connectivity index (χ0) is 30.4. The van der Waals surface area contributed by atoms with Gasteiger partial charge in [-0.05, 0) is 62.0 Å². The number of hydrogen-bond acceptors (Lipinski definition) is 7. The van der Waals surface area contributed by atoms with Crippen LogP contribution in [0, 0.1) is 11.8 Å². The van der Waals surface area contributed by atoms with Crippen molar-refractivity contribution in [3.05, 3.63) is 70.8 Å². The molecule has 0 bridgehead atoms. The number of halogens is 3. The molecule has 0 aromatic heterocycles. The fourth-order valence-electron chi connectivity index (χ4n) is 5.21. The van der Waals surface area contributed by atoms with Crippen molar-refractivity contribution in [2.45, 2.75) is 77.0 Å². The van der Waals surface area contributed by atoms with Gasteiger partial charge in [0.15, 0.2) is 0 Å². The summed E-state index contributed by atoms with van der Waals surface area (Å²) in [5.74, 6) is -4.08. The number of rotatable bonds is 7. The second-order valence-electron chi connectivity index (χ2n) is 10.5. The molecule has 0 saturated heterocycles. The first-order valence-electron chi connectivity index (χ1n) is 13.5. The largest absolute Gasteiger partial charge is 0.458 e. The van der Waals surface area contributed by atoms with Crippen molar-refractivity contribution in [2.75, 3.05) is 6.61 Å². The van der Waals surface area contributed by atoms with E-state index >= 15 is 0 Å². The molecule has 1 aromatic carbocycles. The molecule has 1 aliphatic heterocycles.